The fraction of sp³-hybridized carbons (Fsp3) is 0.444. The van der Waals surface area contributed by atoms with E-state index in [1.807, 2.05) is 19.2 Å². The second kappa shape index (κ2) is 6.77. The van der Waals surface area contributed by atoms with Crippen LogP contribution in [0.15, 0.2) is 42.7 Å². The van der Waals surface area contributed by atoms with Crippen LogP contribution < -0.4 is 5.32 Å². The van der Waals surface area contributed by atoms with Crippen molar-refractivity contribution in [3.05, 3.63) is 53.9 Å². The summed E-state index contributed by atoms with van der Waals surface area (Å²) in [7, 11) is 0. The van der Waals surface area contributed by atoms with Gasteiger partial charge in [-0.1, -0.05) is 52.0 Å². The van der Waals surface area contributed by atoms with E-state index in [0.717, 1.165) is 5.56 Å². The van der Waals surface area contributed by atoms with Crippen molar-refractivity contribution in [3.8, 4) is 0 Å². The predicted octanol–water partition coefficient (Wildman–Crippen LogP) is 3.13. The molecule has 0 aliphatic rings. The van der Waals surface area contributed by atoms with Gasteiger partial charge < -0.3 is 5.32 Å². The molecule has 0 saturated carbocycles. The lowest BCUT2D eigenvalue weighted by molar-refractivity contribution is -0.125. The third-order valence-corrected chi connectivity index (χ3v) is 3.75. The maximum absolute atomic E-state index is 12.1. The number of carbonyl (C=O) groups is 1. The summed E-state index contributed by atoms with van der Waals surface area (Å²) >= 11 is 0. The van der Waals surface area contributed by atoms with Gasteiger partial charge in [0.15, 0.2) is 0 Å². The van der Waals surface area contributed by atoms with Crippen molar-refractivity contribution in [2.45, 2.75) is 46.2 Å². The first-order chi connectivity index (χ1) is 10.4. The zero-order valence-corrected chi connectivity index (χ0v) is 13.8. The molecule has 1 amide bonds. The summed E-state index contributed by atoms with van der Waals surface area (Å²) in [6.45, 7) is 9.66. The molecule has 0 bridgehead atoms. The van der Waals surface area contributed by atoms with Crippen LogP contribution in [-0.2, 0) is 23.3 Å². The molecule has 1 N–H and O–H groups in total. The minimum absolute atomic E-state index is 0.0513. The normalized spacial score (nSPS) is 12.9. The quantitative estimate of drug-likeness (QED) is 0.922. The molecule has 2 rings (SSSR count). The molecule has 4 heteroatoms. The molecule has 0 radical (unpaired) electrons. The summed E-state index contributed by atoms with van der Waals surface area (Å²) in [5.74, 6) is -0.0517. The van der Waals surface area contributed by atoms with Crippen molar-refractivity contribution in [2.24, 2.45) is 5.92 Å². The molecular formula is C18H25N3O. The second-order valence-corrected chi connectivity index (χ2v) is 6.79. The molecule has 4 nitrogen and oxygen atoms in total. The highest BCUT2D eigenvalue weighted by Gasteiger charge is 2.15. The van der Waals surface area contributed by atoms with Gasteiger partial charge >= 0.3 is 0 Å². The highest BCUT2D eigenvalue weighted by molar-refractivity contribution is 5.78. The fourth-order valence-electron chi connectivity index (χ4n) is 2.26. The van der Waals surface area contributed by atoms with Gasteiger partial charge in [-0.15, -0.1) is 0 Å². The van der Waals surface area contributed by atoms with Crippen LogP contribution in [0.4, 0.5) is 0 Å². The lowest BCUT2D eigenvalue weighted by atomic mass is 9.87. The Morgan fingerprint density at radius 3 is 2.50 bits per heavy atom. The molecular weight excluding hydrogens is 274 g/mol. The van der Waals surface area contributed by atoms with Gasteiger partial charge in [-0.3, -0.25) is 9.48 Å². The Labute approximate surface area is 132 Å². The van der Waals surface area contributed by atoms with E-state index in [-0.39, 0.29) is 17.2 Å². The molecule has 0 aliphatic carbocycles. The number of nitrogens with one attached hydrogen (secondary N) is 1. The van der Waals surface area contributed by atoms with E-state index < -0.39 is 0 Å². The number of hydrogen-bond acceptors (Lipinski definition) is 2. The van der Waals surface area contributed by atoms with Crippen LogP contribution in [0.3, 0.4) is 0 Å². The molecule has 0 fully saturated rings. The first-order valence-electron chi connectivity index (χ1n) is 7.71. The highest BCUT2D eigenvalue weighted by Crippen LogP contribution is 2.22. The zero-order chi connectivity index (χ0) is 16.2. The van der Waals surface area contributed by atoms with Gasteiger partial charge in [0.2, 0.25) is 5.91 Å². The van der Waals surface area contributed by atoms with Crippen LogP contribution in [-0.4, -0.2) is 15.7 Å². The first-order valence-corrected chi connectivity index (χ1v) is 7.71. The molecule has 1 heterocycles. The van der Waals surface area contributed by atoms with Crippen LogP contribution in [0, 0.1) is 5.92 Å². The first kappa shape index (κ1) is 16.3. The number of hydrogen-bond donors (Lipinski definition) is 1. The van der Waals surface area contributed by atoms with E-state index >= 15 is 0 Å². The number of benzene rings is 1. The number of carbonyl (C=O) groups excluding carboxylic acids is 1. The molecule has 1 atom stereocenters. The molecule has 1 aromatic carbocycles. The molecule has 1 unspecified atom stereocenters. The highest BCUT2D eigenvalue weighted by atomic mass is 16.1. The van der Waals surface area contributed by atoms with Gasteiger partial charge in [0.25, 0.3) is 0 Å². The van der Waals surface area contributed by atoms with Crippen LogP contribution in [0.1, 0.15) is 38.8 Å². The smallest absolute Gasteiger partial charge is 0.224 e. The Kier molecular flexibility index (Phi) is 5.01. The van der Waals surface area contributed by atoms with E-state index in [0.29, 0.717) is 13.1 Å². The summed E-state index contributed by atoms with van der Waals surface area (Å²) < 4.78 is 1.78. The third kappa shape index (κ3) is 4.45. The van der Waals surface area contributed by atoms with Crippen LogP contribution >= 0.6 is 0 Å². The van der Waals surface area contributed by atoms with Crippen LogP contribution in [0.25, 0.3) is 0 Å². The van der Waals surface area contributed by atoms with Crippen molar-refractivity contribution >= 4 is 5.91 Å². The fourth-order valence-corrected chi connectivity index (χ4v) is 2.26. The van der Waals surface area contributed by atoms with Crippen molar-refractivity contribution < 1.29 is 4.79 Å². The summed E-state index contributed by atoms with van der Waals surface area (Å²) in [4.78, 5) is 12.1. The standard InChI is InChI=1S/C18H25N3O/c1-14(13-21-11-5-10-20-21)17(22)19-12-15-6-8-16(9-7-15)18(2,3)4/h5-11,14H,12-13H2,1-4H3,(H,19,22). The van der Waals surface area contributed by atoms with Gasteiger partial charge in [-0.25, -0.2) is 0 Å². The maximum atomic E-state index is 12.1. The topological polar surface area (TPSA) is 46.9 Å². The van der Waals surface area contributed by atoms with Gasteiger partial charge in [0.05, 0.1) is 12.5 Å². The van der Waals surface area contributed by atoms with Crippen molar-refractivity contribution in [1.29, 1.82) is 0 Å². The lowest BCUT2D eigenvalue weighted by Crippen LogP contribution is -2.31. The largest absolute Gasteiger partial charge is 0.352 e. The zero-order valence-electron chi connectivity index (χ0n) is 13.8. The van der Waals surface area contributed by atoms with Crippen LogP contribution in [0.2, 0.25) is 0 Å². The lowest BCUT2D eigenvalue weighted by Gasteiger charge is -2.19. The van der Waals surface area contributed by atoms with Crippen LogP contribution in [0.5, 0.6) is 0 Å². The molecule has 0 saturated heterocycles. The Hall–Kier alpha value is -2.10. The SMILES string of the molecule is CC(Cn1cccn1)C(=O)NCc1ccc(C(C)(C)C)cc1. The maximum Gasteiger partial charge on any atom is 0.224 e. The Balaban J connectivity index is 1.85. The molecule has 22 heavy (non-hydrogen) atoms. The van der Waals surface area contributed by atoms with E-state index in [9.17, 15) is 4.79 Å². The minimum Gasteiger partial charge on any atom is -0.352 e. The van der Waals surface area contributed by atoms with Crippen molar-refractivity contribution in [2.75, 3.05) is 0 Å². The van der Waals surface area contributed by atoms with Gasteiger partial charge in [-0.2, -0.15) is 5.10 Å². The number of rotatable bonds is 5. The summed E-state index contributed by atoms with van der Waals surface area (Å²) in [5.41, 5.74) is 2.57. The molecule has 2 aromatic rings. The molecule has 0 aliphatic heterocycles. The molecule has 1 aromatic heterocycles. The Morgan fingerprint density at radius 1 is 1.27 bits per heavy atom. The second-order valence-electron chi connectivity index (χ2n) is 6.79. The third-order valence-electron chi connectivity index (χ3n) is 3.75. The number of amides is 1. The molecule has 118 valence electrons. The number of nitrogens with zero attached hydrogens (tertiary/aromatic N) is 2. The van der Waals surface area contributed by atoms with Gasteiger partial charge in [-0.05, 0) is 22.6 Å². The number of aromatic nitrogens is 2. The van der Waals surface area contributed by atoms with Gasteiger partial charge in [0.1, 0.15) is 0 Å². The van der Waals surface area contributed by atoms with E-state index in [2.05, 4.69) is 55.5 Å². The van der Waals surface area contributed by atoms with Crippen molar-refractivity contribution in [1.82, 2.24) is 15.1 Å². The summed E-state index contributed by atoms with van der Waals surface area (Å²) in [5, 5.41) is 7.12. The molecule has 0 spiro atoms. The summed E-state index contributed by atoms with van der Waals surface area (Å²) in [6, 6.07) is 10.3. The predicted molar refractivity (Wildman–Crippen MR) is 88.4 cm³/mol. The summed E-state index contributed by atoms with van der Waals surface area (Å²) in [6.07, 6.45) is 3.59. The van der Waals surface area contributed by atoms with Gasteiger partial charge in [0, 0.05) is 18.9 Å². The van der Waals surface area contributed by atoms with E-state index in [1.54, 1.807) is 10.9 Å². The Bertz CT molecular complexity index is 594. The Morgan fingerprint density at radius 2 is 1.95 bits per heavy atom. The van der Waals surface area contributed by atoms with Crippen molar-refractivity contribution in [3.63, 3.8) is 0 Å². The van der Waals surface area contributed by atoms with E-state index in [1.165, 1.54) is 5.56 Å². The average molecular weight is 299 g/mol. The minimum atomic E-state index is -0.103. The average Bonchev–Trinajstić information content (AvgIpc) is 2.97. The van der Waals surface area contributed by atoms with E-state index in [4.69, 9.17) is 0 Å². The monoisotopic (exact) mass is 299 g/mol.